The molecular weight excluding hydrogens is 324 g/mol. The van der Waals surface area contributed by atoms with Gasteiger partial charge in [0.05, 0.1) is 0 Å². The van der Waals surface area contributed by atoms with Gasteiger partial charge in [0.15, 0.2) is 0 Å². The third-order valence-electron chi connectivity index (χ3n) is 5.40. The van der Waals surface area contributed by atoms with Gasteiger partial charge in [0.25, 0.3) is 0 Å². The molecule has 3 heteroatoms. The average Bonchev–Trinajstić information content (AvgIpc) is 3.25. The van der Waals surface area contributed by atoms with Crippen molar-refractivity contribution in [2.45, 2.75) is 57.3 Å². The molecule has 2 aliphatic carbocycles. The smallest absolute Gasteiger partial charge is 0.133 e. The first kappa shape index (κ1) is 18.4. The van der Waals surface area contributed by atoms with Gasteiger partial charge >= 0.3 is 0 Å². The Morgan fingerprint density at radius 3 is 1.54 bits per heavy atom. The van der Waals surface area contributed by atoms with Crippen LogP contribution in [-0.4, -0.2) is 16.7 Å². The van der Waals surface area contributed by atoms with Crippen molar-refractivity contribution in [3.05, 3.63) is 65.2 Å². The Kier molecular flexibility index (Phi) is 5.87. The number of carbonyl (C=O) groups is 2. The lowest BCUT2D eigenvalue weighted by Crippen LogP contribution is -1.93. The topological polar surface area (TPSA) is 54.4 Å². The Morgan fingerprint density at radius 1 is 0.731 bits per heavy atom. The van der Waals surface area contributed by atoms with Gasteiger partial charge in [-0.3, -0.25) is 9.59 Å². The summed E-state index contributed by atoms with van der Waals surface area (Å²) in [7, 11) is 0. The molecule has 0 aliphatic heterocycles. The van der Waals surface area contributed by atoms with Gasteiger partial charge in [-0.25, -0.2) is 0 Å². The fraction of sp³-hybridized carbons (Fsp3) is 0.391. The number of Topliss-reactive ketones (excluding diaryl/α,β-unsaturated/α-hetero) is 2. The van der Waals surface area contributed by atoms with Crippen LogP contribution in [0.4, 0.5) is 0 Å². The third-order valence-corrected chi connectivity index (χ3v) is 5.40. The predicted octanol–water partition coefficient (Wildman–Crippen LogP) is 5.06. The summed E-state index contributed by atoms with van der Waals surface area (Å²) < 4.78 is 0. The molecule has 136 valence electrons. The maximum absolute atomic E-state index is 11.1. The summed E-state index contributed by atoms with van der Waals surface area (Å²) in [5, 5.41) is 9.08. The number of aromatic hydroxyl groups is 1. The van der Waals surface area contributed by atoms with E-state index in [0.29, 0.717) is 36.2 Å². The number of ketones is 2. The van der Waals surface area contributed by atoms with E-state index in [4.69, 9.17) is 5.11 Å². The molecule has 0 aromatic heterocycles. The molecule has 0 spiro atoms. The molecule has 2 aromatic rings. The lowest BCUT2D eigenvalue weighted by Gasteiger charge is -2.07. The van der Waals surface area contributed by atoms with E-state index >= 15 is 0 Å². The van der Waals surface area contributed by atoms with Gasteiger partial charge in [0.1, 0.15) is 17.3 Å². The normalized spacial score (nSPS) is 22.2. The molecule has 4 rings (SSSR count). The number of aryl methyl sites for hydroxylation is 1. The molecule has 2 unspecified atom stereocenters. The van der Waals surface area contributed by atoms with Crippen molar-refractivity contribution in [3.8, 4) is 5.75 Å². The van der Waals surface area contributed by atoms with Crippen LogP contribution in [0.15, 0.2) is 48.5 Å². The van der Waals surface area contributed by atoms with E-state index in [-0.39, 0.29) is 5.75 Å². The summed E-state index contributed by atoms with van der Waals surface area (Å²) in [6, 6.07) is 15.7. The highest BCUT2D eigenvalue weighted by atomic mass is 16.3. The van der Waals surface area contributed by atoms with Crippen molar-refractivity contribution in [1.82, 2.24) is 0 Å². The molecule has 2 fully saturated rings. The fourth-order valence-corrected chi connectivity index (χ4v) is 3.78. The number of carbonyl (C=O) groups excluding carboxylic acids is 2. The zero-order chi connectivity index (χ0) is 18.5. The van der Waals surface area contributed by atoms with E-state index < -0.39 is 0 Å². The molecule has 0 radical (unpaired) electrons. The van der Waals surface area contributed by atoms with Crippen molar-refractivity contribution >= 4 is 11.6 Å². The Morgan fingerprint density at radius 2 is 1.15 bits per heavy atom. The quantitative estimate of drug-likeness (QED) is 0.823. The standard InChI is InChI=1S/C12H14O.C11H12O2/c1-9-2-4-10(5-3-9)11-6-7-12(13)8-11;12-10-4-1-8(2-5-10)9-3-6-11(13)7-9/h2-5,11H,6-8H2,1H3;1-2,4-5,9,12H,3,6-7H2. The Labute approximate surface area is 155 Å². The van der Waals surface area contributed by atoms with E-state index in [0.717, 1.165) is 25.7 Å². The van der Waals surface area contributed by atoms with Crippen LogP contribution in [0, 0.1) is 6.92 Å². The lowest BCUT2D eigenvalue weighted by atomic mass is 9.97. The summed E-state index contributed by atoms with van der Waals surface area (Å²) >= 11 is 0. The van der Waals surface area contributed by atoms with Gasteiger partial charge < -0.3 is 5.11 Å². The van der Waals surface area contributed by atoms with Crippen LogP contribution < -0.4 is 0 Å². The second-order valence-corrected chi connectivity index (χ2v) is 7.46. The molecular formula is C23H26O3. The van der Waals surface area contributed by atoms with Crippen LogP contribution in [0.25, 0.3) is 0 Å². The number of hydrogen-bond donors (Lipinski definition) is 1. The van der Waals surface area contributed by atoms with Crippen molar-refractivity contribution in [3.63, 3.8) is 0 Å². The molecule has 1 N–H and O–H groups in total. The third kappa shape index (κ3) is 4.81. The summed E-state index contributed by atoms with van der Waals surface area (Å²) in [5.41, 5.74) is 3.79. The van der Waals surface area contributed by atoms with Crippen LogP contribution in [0.3, 0.4) is 0 Å². The minimum Gasteiger partial charge on any atom is -0.508 e. The van der Waals surface area contributed by atoms with Gasteiger partial charge in [-0.2, -0.15) is 0 Å². The molecule has 3 nitrogen and oxygen atoms in total. The van der Waals surface area contributed by atoms with Crippen molar-refractivity contribution in [1.29, 1.82) is 0 Å². The van der Waals surface area contributed by atoms with Crippen LogP contribution in [0.5, 0.6) is 5.75 Å². The van der Waals surface area contributed by atoms with Crippen LogP contribution >= 0.6 is 0 Å². The minimum atomic E-state index is 0.285. The number of rotatable bonds is 2. The van der Waals surface area contributed by atoms with Crippen LogP contribution in [0.2, 0.25) is 0 Å². The summed E-state index contributed by atoms with van der Waals surface area (Å²) in [5.74, 6) is 1.94. The first-order valence-electron chi connectivity index (χ1n) is 9.40. The maximum Gasteiger partial charge on any atom is 0.133 e. The second-order valence-electron chi connectivity index (χ2n) is 7.46. The maximum atomic E-state index is 11.1. The van der Waals surface area contributed by atoms with Crippen molar-refractivity contribution in [2.75, 3.05) is 0 Å². The van der Waals surface area contributed by atoms with E-state index in [1.807, 2.05) is 12.1 Å². The number of phenols is 1. The predicted molar refractivity (Wildman–Crippen MR) is 102 cm³/mol. The molecule has 0 bridgehead atoms. The fourth-order valence-electron chi connectivity index (χ4n) is 3.78. The molecule has 0 saturated heterocycles. The summed E-state index contributed by atoms with van der Waals surface area (Å²) in [6.45, 7) is 2.09. The molecule has 26 heavy (non-hydrogen) atoms. The zero-order valence-electron chi connectivity index (χ0n) is 15.3. The van der Waals surface area contributed by atoms with Crippen molar-refractivity contribution < 1.29 is 14.7 Å². The molecule has 0 heterocycles. The monoisotopic (exact) mass is 350 g/mol. The van der Waals surface area contributed by atoms with E-state index in [1.54, 1.807) is 12.1 Å². The molecule has 2 aliphatic rings. The highest BCUT2D eigenvalue weighted by Gasteiger charge is 2.23. The van der Waals surface area contributed by atoms with Crippen LogP contribution in [-0.2, 0) is 9.59 Å². The van der Waals surface area contributed by atoms with Gasteiger partial charge in [-0.05, 0) is 54.9 Å². The zero-order valence-corrected chi connectivity index (χ0v) is 15.3. The van der Waals surface area contributed by atoms with Gasteiger partial charge in [0.2, 0.25) is 0 Å². The number of phenolic OH excluding ortho intramolecular Hbond substituents is 1. The summed E-state index contributed by atoms with van der Waals surface area (Å²) in [4.78, 5) is 22.1. The van der Waals surface area contributed by atoms with Crippen molar-refractivity contribution in [2.24, 2.45) is 0 Å². The molecule has 0 amide bonds. The van der Waals surface area contributed by atoms with E-state index in [2.05, 4.69) is 31.2 Å². The molecule has 2 aromatic carbocycles. The SMILES string of the molecule is Cc1ccc(C2CCC(=O)C2)cc1.O=C1CCC(c2ccc(O)cc2)C1. The minimum absolute atomic E-state index is 0.285. The van der Waals surface area contributed by atoms with Gasteiger partial charge in [0, 0.05) is 25.7 Å². The average molecular weight is 350 g/mol. The Bertz CT molecular complexity index is 692. The van der Waals surface area contributed by atoms with Crippen LogP contribution in [0.1, 0.15) is 67.1 Å². The summed E-state index contributed by atoms with van der Waals surface area (Å²) in [6.07, 6.45) is 4.92. The highest BCUT2D eigenvalue weighted by Crippen LogP contribution is 2.33. The highest BCUT2D eigenvalue weighted by molar-refractivity contribution is 5.82. The van der Waals surface area contributed by atoms with E-state index in [1.165, 1.54) is 16.7 Å². The molecule has 2 atom stereocenters. The van der Waals surface area contributed by atoms with E-state index in [9.17, 15) is 9.59 Å². The lowest BCUT2D eigenvalue weighted by molar-refractivity contribution is -0.118. The van der Waals surface area contributed by atoms with Gasteiger partial charge in [-0.15, -0.1) is 0 Å². The van der Waals surface area contributed by atoms with Gasteiger partial charge in [-0.1, -0.05) is 42.0 Å². The Balaban J connectivity index is 0.000000151. The second kappa shape index (κ2) is 8.31. The number of hydrogen-bond acceptors (Lipinski definition) is 3. The Hall–Kier alpha value is -2.42. The first-order valence-corrected chi connectivity index (χ1v) is 9.40. The molecule has 2 saturated carbocycles. The first-order chi connectivity index (χ1) is 12.5. The number of benzene rings is 2. The largest absolute Gasteiger partial charge is 0.508 e.